The van der Waals surface area contributed by atoms with Crippen LogP contribution in [-0.2, 0) is 0 Å². The van der Waals surface area contributed by atoms with Crippen LogP contribution in [0.15, 0.2) is 182 Å². The maximum absolute atomic E-state index is 5.26. The Morgan fingerprint density at radius 1 is 0.400 bits per heavy atom. The monoisotopic (exact) mass is 718 g/mol. The topological polar surface area (TPSA) is 35.6 Å². The molecule has 8 aromatic carbocycles. The zero-order valence-corrected chi connectivity index (χ0v) is 30.3. The number of para-hydroxylation sites is 3. The van der Waals surface area contributed by atoms with E-state index in [0.717, 1.165) is 44.9 Å². The van der Waals surface area contributed by atoms with Gasteiger partial charge in [0.25, 0.3) is 0 Å². The van der Waals surface area contributed by atoms with Crippen molar-refractivity contribution in [2.24, 2.45) is 0 Å². The highest BCUT2D eigenvalue weighted by molar-refractivity contribution is 7.27. The van der Waals surface area contributed by atoms with Crippen LogP contribution in [0, 0.1) is 0 Å². The first kappa shape index (κ1) is 30.4. The van der Waals surface area contributed by atoms with Crippen LogP contribution >= 0.6 is 11.3 Å². The van der Waals surface area contributed by atoms with Crippen molar-refractivity contribution in [2.75, 3.05) is 0 Å². The van der Waals surface area contributed by atoms with Gasteiger partial charge in [0.1, 0.15) is 0 Å². The van der Waals surface area contributed by atoms with E-state index in [1.807, 2.05) is 29.5 Å². The lowest BCUT2D eigenvalue weighted by Crippen LogP contribution is -1.99. The minimum Gasteiger partial charge on any atom is -0.308 e. The van der Waals surface area contributed by atoms with E-state index in [0.29, 0.717) is 0 Å². The van der Waals surface area contributed by atoms with E-state index in [9.17, 15) is 0 Å². The quantitative estimate of drug-likeness (QED) is 0.182. The molecule has 0 fully saturated rings. The summed E-state index contributed by atoms with van der Waals surface area (Å²) in [4.78, 5) is 10.4. The Hall–Kier alpha value is -7.08. The van der Waals surface area contributed by atoms with Gasteiger partial charge >= 0.3 is 0 Å². The van der Waals surface area contributed by atoms with E-state index >= 15 is 0 Å². The highest BCUT2D eigenvalue weighted by Gasteiger charge is 2.27. The fourth-order valence-corrected chi connectivity index (χ4v) is 10.0. The summed E-state index contributed by atoms with van der Waals surface area (Å²) >= 11 is 1.90. The third kappa shape index (κ3) is 4.39. The van der Waals surface area contributed by atoms with E-state index in [-0.39, 0.29) is 0 Å². The van der Waals surface area contributed by atoms with E-state index in [2.05, 4.69) is 173 Å². The summed E-state index contributed by atoms with van der Waals surface area (Å²) < 4.78 is 7.58. The van der Waals surface area contributed by atoms with E-state index in [1.165, 1.54) is 63.8 Å². The van der Waals surface area contributed by atoms with Crippen molar-refractivity contribution in [3.05, 3.63) is 182 Å². The van der Waals surface area contributed by atoms with Crippen molar-refractivity contribution >= 4 is 86.0 Å². The van der Waals surface area contributed by atoms with Crippen LogP contribution in [0.4, 0.5) is 0 Å². The molecular formula is C50H30N4S. The number of hydrogen-bond acceptors (Lipinski definition) is 3. The van der Waals surface area contributed by atoms with Crippen LogP contribution in [0.3, 0.4) is 0 Å². The Labute approximate surface area is 319 Å². The Balaban J connectivity index is 1.28. The third-order valence-corrected chi connectivity index (χ3v) is 12.3. The lowest BCUT2D eigenvalue weighted by atomic mass is 10.0. The van der Waals surface area contributed by atoms with E-state index < -0.39 is 0 Å². The SMILES string of the molecule is c1ccc(-c2nc(-c3ccccc3)c3cc(-n4c5ccccc5c5c6sc7ccccc7c6c6c(c7ccccc7n6-c6ccccc6)c54)ccc3n2)cc1. The molecule has 256 valence electrons. The first-order valence-corrected chi connectivity index (χ1v) is 19.4. The molecule has 4 nitrogen and oxygen atoms in total. The Morgan fingerprint density at radius 2 is 0.945 bits per heavy atom. The molecule has 0 saturated heterocycles. The molecule has 5 heteroatoms. The summed E-state index contributed by atoms with van der Waals surface area (Å²) in [6.45, 7) is 0. The molecule has 0 bridgehead atoms. The molecule has 0 N–H and O–H groups in total. The second kappa shape index (κ2) is 11.7. The molecule has 0 aliphatic heterocycles. The second-order valence-electron chi connectivity index (χ2n) is 14.1. The lowest BCUT2D eigenvalue weighted by molar-refractivity contribution is 1.18. The zero-order valence-electron chi connectivity index (χ0n) is 29.5. The standard InChI is InChI=1S/C50H30N4S/c1-4-16-31(17-5-1)46-38-30-34(28-29-39(38)51-50(52-46)32-18-6-2-7-19-32)54-41-26-14-11-23-36(41)44-47(54)43-35-22-10-13-25-40(35)53(33-20-8-3-9-21-33)48(43)45-37-24-12-15-27-42(37)55-49(44)45/h1-30H. The maximum Gasteiger partial charge on any atom is 0.160 e. The minimum atomic E-state index is 0.721. The van der Waals surface area contributed by atoms with Gasteiger partial charge in [-0.3, -0.25) is 0 Å². The van der Waals surface area contributed by atoms with Crippen LogP contribution in [0.2, 0.25) is 0 Å². The summed E-state index contributed by atoms with van der Waals surface area (Å²) in [6.07, 6.45) is 0. The van der Waals surface area contributed by atoms with Crippen LogP contribution in [0.1, 0.15) is 0 Å². The van der Waals surface area contributed by atoms with Crippen molar-refractivity contribution < 1.29 is 0 Å². The van der Waals surface area contributed by atoms with Crippen molar-refractivity contribution in [2.45, 2.75) is 0 Å². The molecule has 0 radical (unpaired) electrons. The molecule has 4 heterocycles. The number of rotatable bonds is 4. The third-order valence-electron chi connectivity index (χ3n) is 11.1. The lowest BCUT2D eigenvalue weighted by Gasteiger charge is -2.14. The van der Waals surface area contributed by atoms with Gasteiger partial charge in [-0.15, -0.1) is 11.3 Å². The zero-order chi connectivity index (χ0) is 36.0. The van der Waals surface area contributed by atoms with E-state index in [1.54, 1.807) is 0 Å². The first-order valence-electron chi connectivity index (χ1n) is 18.6. The van der Waals surface area contributed by atoms with Gasteiger partial charge < -0.3 is 9.13 Å². The summed E-state index contributed by atoms with van der Waals surface area (Å²) in [5.74, 6) is 0.721. The van der Waals surface area contributed by atoms with Crippen molar-refractivity contribution in [3.8, 4) is 34.0 Å². The van der Waals surface area contributed by atoms with Gasteiger partial charge in [-0.05, 0) is 48.5 Å². The first-order chi connectivity index (χ1) is 27.3. The second-order valence-corrected chi connectivity index (χ2v) is 15.2. The number of aromatic nitrogens is 4. The van der Waals surface area contributed by atoms with Crippen molar-refractivity contribution in [1.82, 2.24) is 19.1 Å². The summed E-state index contributed by atoms with van der Waals surface area (Å²) in [6, 6.07) is 65.0. The number of hydrogen-bond donors (Lipinski definition) is 0. The molecule has 0 spiro atoms. The maximum atomic E-state index is 5.26. The number of nitrogens with zero attached hydrogens (tertiary/aromatic N) is 4. The Kier molecular flexibility index (Phi) is 6.47. The Bertz CT molecular complexity index is 3470. The molecule has 0 aliphatic carbocycles. The summed E-state index contributed by atoms with van der Waals surface area (Å²) in [7, 11) is 0. The molecule has 0 aliphatic rings. The fourth-order valence-electron chi connectivity index (χ4n) is 8.78. The Morgan fingerprint density at radius 3 is 1.65 bits per heavy atom. The van der Waals surface area contributed by atoms with E-state index in [4.69, 9.17) is 9.97 Å². The fraction of sp³-hybridized carbons (Fsp3) is 0. The largest absolute Gasteiger partial charge is 0.308 e. The van der Waals surface area contributed by atoms with Crippen LogP contribution < -0.4 is 0 Å². The molecule has 12 aromatic rings. The summed E-state index contributed by atoms with van der Waals surface area (Å²) in [5.41, 5.74) is 10.9. The average molecular weight is 719 g/mol. The van der Waals surface area contributed by atoms with Gasteiger partial charge in [0.05, 0.1) is 33.3 Å². The number of thiophene rings is 1. The molecule has 0 atom stereocenters. The van der Waals surface area contributed by atoms with Crippen LogP contribution in [0.25, 0.3) is 109 Å². The molecule has 0 saturated carbocycles. The predicted molar refractivity (Wildman–Crippen MR) is 232 cm³/mol. The van der Waals surface area contributed by atoms with Gasteiger partial charge in [0, 0.05) is 69.6 Å². The molecular weight excluding hydrogens is 689 g/mol. The molecule has 12 rings (SSSR count). The van der Waals surface area contributed by atoms with Gasteiger partial charge in [-0.1, -0.05) is 133 Å². The number of benzene rings is 8. The average Bonchev–Trinajstić information content (AvgIpc) is 3.92. The molecule has 55 heavy (non-hydrogen) atoms. The minimum absolute atomic E-state index is 0.721. The van der Waals surface area contributed by atoms with Gasteiger partial charge in [-0.25, -0.2) is 9.97 Å². The normalized spacial score (nSPS) is 12.0. The molecule has 0 amide bonds. The predicted octanol–water partition coefficient (Wildman–Crippen LogP) is 13.5. The highest BCUT2D eigenvalue weighted by Crippen LogP contribution is 2.51. The smallest absolute Gasteiger partial charge is 0.160 e. The highest BCUT2D eigenvalue weighted by atomic mass is 32.1. The van der Waals surface area contributed by atoms with Gasteiger partial charge in [-0.2, -0.15) is 0 Å². The van der Waals surface area contributed by atoms with Crippen molar-refractivity contribution in [1.29, 1.82) is 0 Å². The van der Waals surface area contributed by atoms with Gasteiger partial charge in [0.2, 0.25) is 0 Å². The summed E-state index contributed by atoms with van der Waals surface area (Å²) in [5, 5.41) is 8.62. The van der Waals surface area contributed by atoms with Crippen LogP contribution in [-0.4, -0.2) is 19.1 Å². The van der Waals surface area contributed by atoms with Crippen LogP contribution in [0.5, 0.6) is 0 Å². The molecule has 4 aromatic heterocycles. The molecule has 0 unspecified atom stereocenters. The van der Waals surface area contributed by atoms with Crippen molar-refractivity contribution in [3.63, 3.8) is 0 Å². The van der Waals surface area contributed by atoms with Gasteiger partial charge in [0.15, 0.2) is 5.82 Å². The number of fused-ring (bicyclic) bond motifs is 13.